The lowest BCUT2D eigenvalue weighted by molar-refractivity contribution is -0.122. The summed E-state index contributed by atoms with van der Waals surface area (Å²) in [6.07, 6.45) is 5.54. The molecule has 1 amide bonds. The van der Waals surface area contributed by atoms with E-state index in [1.54, 1.807) is 11.3 Å². The highest BCUT2D eigenvalue weighted by Crippen LogP contribution is 2.25. The summed E-state index contributed by atoms with van der Waals surface area (Å²) in [5, 5.41) is 0. The topological polar surface area (TPSA) is 43.6 Å². The zero-order valence-electron chi connectivity index (χ0n) is 15.5. The van der Waals surface area contributed by atoms with Crippen LogP contribution in [0.1, 0.15) is 50.2 Å². The third-order valence-electron chi connectivity index (χ3n) is 5.12. The SMILES string of the molecule is CCOCCn1c(=NC(=O)C2CCCCC2)sc2cc(C)c(C)cc21. The number of carbonyl (C=O) groups is 1. The number of amides is 1. The van der Waals surface area contributed by atoms with Crippen molar-refractivity contribution < 1.29 is 9.53 Å². The maximum Gasteiger partial charge on any atom is 0.251 e. The lowest BCUT2D eigenvalue weighted by Gasteiger charge is -2.17. The highest BCUT2D eigenvalue weighted by atomic mass is 32.1. The molecular weight excluding hydrogens is 332 g/mol. The number of fused-ring (bicyclic) bond motifs is 1. The Kier molecular flexibility index (Phi) is 6.07. The largest absolute Gasteiger partial charge is 0.380 e. The highest BCUT2D eigenvalue weighted by molar-refractivity contribution is 7.16. The van der Waals surface area contributed by atoms with E-state index in [2.05, 4.69) is 35.5 Å². The summed E-state index contributed by atoms with van der Waals surface area (Å²) in [7, 11) is 0. The molecule has 5 heteroatoms. The van der Waals surface area contributed by atoms with Crippen LogP contribution in [0, 0.1) is 19.8 Å². The third kappa shape index (κ3) is 4.21. The first-order valence-electron chi connectivity index (χ1n) is 9.37. The smallest absolute Gasteiger partial charge is 0.251 e. The number of hydrogen-bond acceptors (Lipinski definition) is 3. The molecule has 0 unspecified atom stereocenters. The van der Waals surface area contributed by atoms with Crippen LogP contribution in [0.25, 0.3) is 10.2 Å². The quantitative estimate of drug-likeness (QED) is 0.744. The maximum absolute atomic E-state index is 12.7. The second-order valence-electron chi connectivity index (χ2n) is 6.92. The van der Waals surface area contributed by atoms with Gasteiger partial charge in [-0.25, -0.2) is 0 Å². The average molecular weight is 361 g/mol. The van der Waals surface area contributed by atoms with Crippen molar-refractivity contribution in [2.75, 3.05) is 13.2 Å². The Labute approximate surface area is 153 Å². The van der Waals surface area contributed by atoms with Gasteiger partial charge in [-0.2, -0.15) is 4.99 Å². The predicted molar refractivity (Wildman–Crippen MR) is 103 cm³/mol. The van der Waals surface area contributed by atoms with Gasteiger partial charge >= 0.3 is 0 Å². The molecule has 0 atom stereocenters. The first kappa shape index (κ1) is 18.3. The van der Waals surface area contributed by atoms with E-state index in [4.69, 9.17) is 4.74 Å². The molecule has 1 heterocycles. The van der Waals surface area contributed by atoms with Crippen molar-refractivity contribution in [2.24, 2.45) is 10.9 Å². The molecule has 1 saturated carbocycles. The fourth-order valence-corrected chi connectivity index (χ4v) is 4.60. The lowest BCUT2D eigenvalue weighted by Crippen LogP contribution is -2.23. The number of thiazole rings is 1. The molecule has 1 aliphatic carbocycles. The normalized spacial score (nSPS) is 16.7. The molecule has 3 rings (SSSR count). The number of aromatic nitrogens is 1. The minimum atomic E-state index is 0.0601. The molecule has 0 saturated heterocycles. The first-order chi connectivity index (χ1) is 12.1. The minimum absolute atomic E-state index is 0.0601. The van der Waals surface area contributed by atoms with E-state index >= 15 is 0 Å². The molecule has 0 spiro atoms. The van der Waals surface area contributed by atoms with Crippen molar-refractivity contribution in [2.45, 2.75) is 59.4 Å². The van der Waals surface area contributed by atoms with Gasteiger partial charge in [0.2, 0.25) is 0 Å². The van der Waals surface area contributed by atoms with Crippen molar-refractivity contribution in [1.29, 1.82) is 0 Å². The minimum Gasteiger partial charge on any atom is -0.380 e. The number of carbonyl (C=O) groups excluding carboxylic acids is 1. The maximum atomic E-state index is 12.7. The van der Waals surface area contributed by atoms with Crippen molar-refractivity contribution in [1.82, 2.24) is 4.57 Å². The number of nitrogens with zero attached hydrogens (tertiary/aromatic N) is 2. The standard InChI is InChI=1S/C20H28N2O2S/c1-4-24-11-10-22-17-12-14(2)15(3)13-18(17)25-20(22)21-19(23)16-8-6-5-7-9-16/h12-13,16H,4-11H2,1-3H3. The summed E-state index contributed by atoms with van der Waals surface area (Å²) in [5.74, 6) is 0.174. The molecular formula is C20H28N2O2S. The highest BCUT2D eigenvalue weighted by Gasteiger charge is 2.21. The lowest BCUT2D eigenvalue weighted by atomic mass is 9.89. The van der Waals surface area contributed by atoms with Crippen molar-refractivity contribution in [3.63, 3.8) is 0 Å². The molecule has 0 radical (unpaired) electrons. The van der Waals surface area contributed by atoms with E-state index in [-0.39, 0.29) is 11.8 Å². The molecule has 0 bridgehead atoms. The molecule has 1 aliphatic rings. The molecule has 1 aromatic heterocycles. The fraction of sp³-hybridized carbons (Fsp3) is 0.600. The van der Waals surface area contributed by atoms with Gasteiger partial charge in [-0.05, 0) is 56.9 Å². The molecule has 2 aromatic rings. The number of aryl methyl sites for hydroxylation is 2. The van der Waals surface area contributed by atoms with E-state index in [0.717, 1.165) is 42.5 Å². The summed E-state index contributed by atoms with van der Waals surface area (Å²) in [4.78, 5) is 18.0. The van der Waals surface area contributed by atoms with Gasteiger partial charge in [-0.1, -0.05) is 30.6 Å². The Morgan fingerprint density at radius 2 is 1.96 bits per heavy atom. The summed E-state index contributed by atoms with van der Waals surface area (Å²) in [6.45, 7) is 8.33. The van der Waals surface area contributed by atoms with Crippen LogP contribution in [0.3, 0.4) is 0 Å². The van der Waals surface area contributed by atoms with Gasteiger partial charge in [0.25, 0.3) is 5.91 Å². The second kappa shape index (κ2) is 8.28. The van der Waals surface area contributed by atoms with Crippen LogP contribution in [0.4, 0.5) is 0 Å². The van der Waals surface area contributed by atoms with Gasteiger partial charge in [-0.3, -0.25) is 4.79 Å². The number of benzene rings is 1. The second-order valence-corrected chi connectivity index (χ2v) is 7.93. The van der Waals surface area contributed by atoms with E-state index < -0.39 is 0 Å². The predicted octanol–water partition coefficient (Wildman–Crippen LogP) is 4.36. The fourth-order valence-electron chi connectivity index (χ4n) is 3.46. The van der Waals surface area contributed by atoms with Crippen LogP contribution in [0.15, 0.2) is 17.1 Å². The Balaban J connectivity index is 2.00. The molecule has 4 nitrogen and oxygen atoms in total. The van der Waals surface area contributed by atoms with Crippen LogP contribution in [0.2, 0.25) is 0 Å². The van der Waals surface area contributed by atoms with Gasteiger partial charge in [-0.15, -0.1) is 0 Å². The van der Waals surface area contributed by atoms with Gasteiger partial charge in [0.1, 0.15) is 0 Å². The summed E-state index contributed by atoms with van der Waals surface area (Å²) in [5.41, 5.74) is 3.69. The molecule has 136 valence electrons. The Morgan fingerprint density at radius 1 is 1.24 bits per heavy atom. The number of rotatable bonds is 5. The first-order valence-corrected chi connectivity index (χ1v) is 10.2. The van der Waals surface area contributed by atoms with E-state index in [1.807, 2.05) is 6.92 Å². The van der Waals surface area contributed by atoms with Crippen molar-refractivity contribution >= 4 is 27.5 Å². The zero-order valence-corrected chi connectivity index (χ0v) is 16.3. The van der Waals surface area contributed by atoms with E-state index in [0.29, 0.717) is 13.2 Å². The monoisotopic (exact) mass is 360 g/mol. The number of hydrogen-bond donors (Lipinski definition) is 0. The summed E-state index contributed by atoms with van der Waals surface area (Å²) in [6, 6.07) is 4.41. The van der Waals surface area contributed by atoms with Crippen LogP contribution in [-0.2, 0) is 16.1 Å². The Hall–Kier alpha value is -1.46. The van der Waals surface area contributed by atoms with Gasteiger partial charge in [0.15, 0.2) is 4.80 Å². The van der Waals surface area contributed by atoms with Crippen molar-refractivity contribution in [3.05, 3.63) is 28.1 Å². The van der Waals surface area contributed by atoms with Crippen molar-refractivity contribution in [3.8, 4) is 0 Å². The Morgan fingerprint density at radius 3 is 2.68 bits per heavy atom. The van der Waals surface area contributed by atoms with Crippen LogP contribution < -0.4 is 4.80 Å². The molecule has 25 heavy (non-hydrogen) atoms. The number of ether oxygens (including phenoxy) is 1. The van der Waals surface area contributed by atoms with E-state index in [1.165, 1.54) is 22.2 Å². The zero-order chi connectivity index (χ0) is 17.8. The average Bonchev–Trinajstić information content (AvgIpc) is 2.93. The summed E-state index contributed by atoms with van der Waals surface area (Å²) < 4.78 is 8.89. The molecule has 0 N–H and O–H groups in total. The van der Waals surface area contributed by atoms with E-state index in [9.17, 15) is 4.79 Å². The Bertz CT molecular complexity index is 813. The van der Waals surface area contributed by atoms with Gasteiger partial charge < -0.3 is 9.30 Å². The third-order valence-corrected chi connectivity index (χ3v) is 6.16. The molecule has 1 aromatic carbocycles. The van der Waals surface area contributed by atoms with Gasteiger partial charge in [0, 0.05) is 19.1 Å². The van der Waals surface area contributed by atoms with Gasteiger partial charge in [0.05, 0.1) is 16.8 Å². The molecule has 1 fully saturated rings. The summed E-state index contributed by atoms with van der Waals surface area (Å²) >= 11 is 1.62. The van der Waals surface area contributed by atoms with Crippen LogP contribution >= 0.6 is 11.3 Å². The van der Waals surface area contributed by atoms with Crippen LogP contribution in [0.5, 0.6) is 0 Å². The van der Waals surface area contributed by atoms with Crippen LogP contribution in [-0.4, -0.2) is 23.7 Å². The molecule has 0 aliphatic heterocycles.